The molecule has 2 heteroatoms. The van der Waals surface area contributed by atoms with Crippen LogP contribution in [0.1, 0.15) is 19.3 Å². The first-order valence-electron chi connectivity index (χ1n) is 3.85. The van der Waals surface area contributed by atoms with Crippen LogP contribution >= 0.6 is 22.6 Å². The highest BCUT2D eigenvalue weighted by Crippen LogP contribution is 2.51. The minimum Gasteiger partial charge on any atom is -0.198 e. The van der Waals surface area contributed by atoms with Gasteiger partial charge in [-0.05, 0) is 31.1 Å². The van der Waals surface area contributed by atoms with Gasteiger partial charge in [-0.15, -0.1) is 0 Å². The Hall–Kier alpha value is 0.220. The summed E-state index contributed by atoms with van der Waals surface area (Å²) >= 11 is 2.51. The number of hydrogen-bond acceptors (Lipinski definition) is 1. The van der Waals surface area contributed by atoms with Crippen LogP contribution in [0.4, 0.5) is 0 Å². The van der Waals surface area contributed by atoms with Gasteiger partial charge in [-0.3, -0.25) is 0 Å². The molecule has 2 rings (SSSR count). The van der Waals surface area contributed by atoms with Gasteiger partial charge in [-0.1, -0.05) is 22.6 Å². The second-order valence-corrected chi connectivity index (χ2v) is 5.09. The van der Waals surface area contributed by atoms with E-state index in [-0.39, 0.29) is 0 Å². The van der Waals surface area contributed by atoms with Gasteiger partial charge in [0.2, 0.25) is 0 Å². The van der Waals surface area contributed by atoms with Crippen LogP contribution in [-0.4, -0.2) is 3.92 Å². The molecule has 4 atom stereocenters. The average Bonchev–Trinajstić information content (AvgIpc) is 2.44. The molecule has 2 aliphatic rings. The molecular weight excluding hydrogens is 237 g/mol. The Morgan fingerprint density at radius 2 is 2.10 bits per heavy atom. The van der Waals surface area contributed by atoms with Crippen molar-refractivity contribution in [1.29, 1.82) is 5.26 Å². The third-order valence-corrected chi connectivity index (χ3v) is 4.33. The zero-order valence-corrected chi connectivity index (χ0v) is 7.91. The molecule has 2 aliphatic carbocycles. The van der Waals surface area contributed by atoms with Gasteiger partial charge in [0, 0.05) is 3.92 Å². The fourth-order valence-electron chi connectivity index (χ4n) is 2.41. The molecule has 2 fully saturated rings. The Labute approximate surface area is 74.9 Å². The van der Waals surface area contributed by atoms with Crippen molar-refractivity contribution in [2.75, 3.05) is 0 Å². The molecule has 0 aromatic rings. The largest absolute Gasteiger partial charge is 0.198 e. The molecule has 0 aliphatic heterocycles. The molecule has 0 aromatic heterocycles. The fraction of sp³-hybridized carbons (Fsp3) is 0.875. The van der Waals surface area contributed by atoms with E-state index in [2.05, 4.69) is 28.7 Å². The second-order valence-electron chi connectivity index (χ2n) is 3.49. The highest BCUT2D eigenvalue weighted by Gasteiger charge is 2.44. The van der Waals surface area contributed by atoms with E-state index in [0.29, 0.717) is 5.92 Å². The third-order valence-electron chi connectivity index (χ3n) is 2.90. The van der Waals surface area contributed by atoms with Crippen molar-refractivity contribution >= 4 is 22.6 Å². The number of nitrogens with zero attached hydrogens (tertiary/aromatic N) is 1. The summed E-state index contributed by atoms with van der Waals surface area (Å²) in [4.78, 5) is 0. The Kier molecular flexibility index (Phi) is 1.63. The zero-order valence-electron chi connectivity index (χ0n) is 5.76. The smallest absolute Gasteiger partial charge is 0.0659 e. The highest BCUT2D eigenvalue weighted by molar-refractivity contribution is 14.1. The Morgan fingerprint density at radius 1 is 1.30 bits per heavy atom. The lowest BCUT2D eigenvalue weighted by molar-refractivity contribution is 0.423. The molecule has 0 N–H and O–H groups in total. The van der Waals surface area contributed by atoms with Crippen LogP contribution < -0.4 is 0 Å². The molecule has 2 bridgehead atoms. The first-order valence-corrected chi connectivity index (χ1v) is 5.09. The van der Waals surface area contributed by atoms with Crippen LogP contribution in [0.15, 0.2) is 0 Å². The molecule has 0 amide bonds. The first-order chi connectivity index (χ1) is 4.81. The van der Waals surface area contributed by atoms with Crippen LogP contribution in [0.3, 0.4) is 0 Å². The van der Waals surface area contributed by atoms with E-state index in [1.54, 1.807) is 0 Å². The van der Waals surface area contributed by atoms with Gasteiger partial charge >= 0.3 is 0 Å². The topological polar surface area (TPSA) is 23.8 Å². The fourth-order valence-corrected chi connectivity index (χ4v) is 3.93. The van der Waals surface area contributed by atoms with E-state index >= 15 is 0 Å². The van der Waals surface area contributed by atoms with Gasteiger partial charge in [-0.2, -0.15) is 5.26 Å². The van der Waals surface area contributed by atoms with Crippen LogP contribution in [-0.2, 0) is 0 Å². The Balaban J connectivity index is 2.14. The third kappa shape index (κ3) is 0.868. The van der Waals surface area contributed by atoms with E-state index < -0.39 is 0 Å². The normalized spacial score (nSPS) is 51.2. The van der Waals surface area contributed by atoms with Gasteiger partial charge in [0.05, 0.1) is 12.0 Å². The molecule has 0 spiro atoms. The summed E-state index contributed by atoms with van der Waals surface area (Å²) in [5.74, 6) is 2.05. The summed E-state index contributed by atoms with van der Waals surface area (Å²) in [6.45, 7) is 0. The van der Waals surface area contributed by atoms with Crippen molar-refractivity contribution in [1.82, 2.24) is 0 Å². The number of hydrogen-bond donors (Lipinski definition) is 0. The summed E-state index contributed by atoms with van der Waals surface area (Å²) in [6, 6.07) is 2.42. The SMILES string of the molecule is N#CC1CC2CC(I)C1C2. The summed E-state index contributed by atoms with van der Waals surface area (Å²) < 4.78 is 0.806. The number of fused-ring (bicyclic) bond motifs is 2. The quantitative estimate of drug-likeness (QED) is 0.476. The van der Waals surface area contributed by atoms with Crippen molar-refractivity contribution in [3.8, 4) is 6.07 Å². The van der Waals surface area contributed by atoms with Crippen LogP contribution in [0.2, 0.25) is 0 Å². The Bertz CT molecular complexity index is 184. The standard InChI is InChI=1S/C8H10IN/c9-8-3-5-1-6(4-10)7(8)2-5/h5-8H,1-3H2. The first kappa shape index (κ1) is 6.90. The molecule has 4 unspecified atom stereocenters. The monoisotopic (exact) mass is 247 g/mol. The van der Waals surface area contributed by atoms with E-state index in [1.807, 2.05) is 0 Å². The summed E-state index contributed by atoms with van der Waals surface area (Å²) in [7, 11) is 0. The van der Waals surface area contributed by atoms with Gasteiger partial charge in [0.15, 0.2) is 0 Å². The van der Waals surface area contributed by atoms with E-state index in [4.69, 9.17) is 5.26 Å². The summed E-state index contributed by atoms with van der Waals surface area (Å²) in [5, 5.41) is 8.75. The lowest BCUT2D eigenvalue weighted by atomic mass is 9.90. The van der Waals surface area contributed by atoms with Crippen molar-refractivity contribution in [2.24, 2.45) is 17.8 Å². The lowest BCUT2D eigenvalue weighted by Gasteiger charge is -2.19. The maximum atomic E-state index is 8.75. The van der Waals surface area contributed by atoms with Crippen LogP contribution in [0.5, 0.6) is 0 Å². The van der Waals surface area contributed by atoms with Crippen LogP contribution in [0.25, 0.3) is 0 Å². The van der Waals surface area contributed by atoms with Crippen LogP contribution in [0, 0.1) is 29.1 Å². The van der Waals surface area contributed by atoms with Gasteiger partial charge in [-0.25, -0.2) is 0 Å². The van der Waals surface area contributed by atoms with Gasteiger partial charge in [0.1, 0.15) is 0 Å². The van der Waals surface area contributed by atoms with E-state index in [9.17, 15) is 0 Å². The molecule has 0 saturated heterocycles. The van der Waals surface area contributed by atoms with E-state index in [1.165, 1.54) is 19.3 Å². The molecule has 0 heterocycles. The predicted molar refractivity (Wildman–Crippen MR) is 47.7 cm³/mol. The zero-order chi connectivity index (χ0) is 7.14. The van der Waals surface area contributed by atoms with Gasteiger partial charge < -0.3 is 0 Å². The van der Waals surface area contributed by atoms with Gasteiger partial charge in [0.25, 0.3) is 0 Å². The molecule has 54 valence electrons. The summed E-state index contributed by atoms with van der Waals surface area (Å²) in [6.07, 6.45) is 3.91. The molecular formula is C8H10IN. The van der Waals surface area contributed by atoms with Crippen molar-refractivity contribution in [2.45, 2.75) is 23.2 Å². The minimum atomic E-state index is 0.403. The van der Waals surface area contributed by atoms with Crippen molar-refractivity contribution < 1.29 is 0 Å². The van der Waals surface area contributed by atoms with E-state index in [0.717, 1.165) is 15.8 Å². The highest BCUT2D eigenvalue weighted by atomic mass is 127. The number of halogens is 1. The number of alkyl halides is 1. The van der Waals surface area contributed by atoms with Crippen molar-refractivity contribution in [3.05, 3.63) is 0 Å². The predicted octanol–water partition coefficient (Wildman–Crippen LogP) is 2.36. The molecule has 0 radical (unpaired) electrons. The maximum absolute atomic E-state index is 8.75. The molecule has 0 aromatic carbocycles. The van der Waals surface area contributed by atoms with Crippen molar-refractivity contribution in [3.63, 3.8) is 0 Å². The minimum absolute atomic E-state index is 0.403. The number of rotatable bonds is 0. The maximum Gasteiger partial charge on any atom is 0.0659 e. The Morgan fingerprint density at radius 3 is 2.50 bits per heavy atom. The molecule has 1 nitrogen and oxygen atoms in total. The summed E-state index contributed by atoms with van der Waals surface area (Å²) in [5.41, 5.74) is 0. The second kappa shape index (κ2) is 2.37. The average molecular weight is 247 g/mol. The molecule has 2 saturated carbocycles. The lowest BCUT2D eigenvalue weighted by Crippen LogP contribution is -2.18. The molecule has 10 heavy (non-hydrogen) atoms. The number of nitriles is 1.